The van der Waals surface area contributed by atoms with Gasteiger partial charge in [-0.2, -0.15) is 0 Å². The highest BCUT2D eigenvalue weighted by Gasteiger charge is 2.14. The van der Waals surface area contributed by atoms with E-state index in [2.05, 4.69) is 23.1 Å². The highest BCUT2D eigenvalue weighted by atomic mass is 16.6. The zero-order chi connectivity index (χ0) is 50.8. The summed E-state index contributed by atoms with van der Waals surface area (Å²) in [5.74, 6) is -0.720. The minimum absolute atomic E-state index is 0.0615. The van der Waals surface area contributed by atoms with Gasteiger partial charge in [0.2, 0.25) is 0 Å². The van der Waals surface area contributed by atoms with E-state index in [1.165, 1.54) is 60.8 Å². The van der Waals surface area contributed by atoms with Gasteiger partial charge in [0.1, 0.15) is 40.2 Å². The van der Waals surface area contributed by atoms with Crippen LogP contribution in [-0.4, -0.2) is 73.4 Å². The zero-order valence-electron chi connectivity index (χ0n) is 39.8. The molecule has 0 aliphatic rings. The van der Waals surface area contributed by atoms with Crippen LogP contribution in [0.4, 0.5) is 5.69 Å². The van der Waals surface area contributed by atoms with Crippen molar-refractivity contribution in [1.29, 1.82) is 0 Å². The van der Waals surface area contributed by atoms with Crippen LogP contribution in [0, 0.1) is 0 Å². The van der Waals surface area contributed by atoms with Crippen molar-refractivity contribution in [3.8, 4) is 34.5 Å². The summed E-state index contributed by atoms with van der Waals surface area (Å²) in [6.07, 6.45) is 7.79. The minimum atomic E-state index is -0.693. The molecule has 4 aromatic carbocycles. The molecule has 16 heteroatoms. The Morgan fingerprint density at radius 1 is 0.479 bits per heavy atom. The van der Waals surface area contributed by atoms with Crippen LogP contribution in [0.15, 0.2) is 145 Å². The van der Waals surface area contributed by atoms with Gasteiger partial charge in [0.05, 0.1) is 43.9 Å². The molecule has 0 amide bonds. The van der Waals surface area contributed by atoms with Crippen molar-refractivity contribution in [1.82, 2.24) is 4.98 Å². The SMILES string of the molecule is C=C(C)C(=O)OCCCCOc1ccc(N=Cc2ccc(OC(=O)CCCCCC(=O)Oc3ccc(C(=O)Oc4ccc(OC(=O)c5ccc(OCCCCOC(=O)C(=C)C)cn5)cc4)cc3)cc2)cc1. The molecule has 1 heterocycles. The summed E-state index contributed by atoms with van der Waals surface area (Å²) in [6, 6.07) is 29.2. The van der Waals surface area contributed by atoms with Crippen molar-refractivity contribution in [2.24, 2.45) is 4.99 Å². The van der Waals surface area contributed by atoms with Crippen molar-refractivity contribution < 1.29 is 66.7 Å². The summed E-state index contributed by atoms with van der Waals surface area (Å²) < 4.78 is 43.2. The van der Waals surface area contributed by atoms with Crippen molar-refractivity contribution in [2.75, 3.05) is 26.4 Å². The Kier molecular flexibility index (Phi) is 21.7. The van der Waals surface area contributed by atoms with E-state index < -0.39 is 23.9 Å². The van der Waals surface area contributed by atoms with Crippen LogP contribution in [0.2, 0.25) is 0 Å². The summed E-state index contributed by atoms with van der Waals surface area (Å²) in [5.41, 5.74) is 2.57. The van der Waals surface area contributed by atoms with E-state index in [0.717, 1.165) is 17.7 Å². The predicted octanol–water partition coefficient (Wildman–Crippen LogP) is 10.3. The van der Waals surface area contributed by atoms with E-state index in [1.807, 2.05) is 24.3 Å². The van der Waals surface area contributed by atoms with Gasteiger partial charge in [-0.1, -0.05) is 19.6 Å². The number of rotatable bonds is 28. The third-order valence-electron chi connectivity index (χ3n) is 9.86. The van der Waals surface area contributed by atoms with Gasteiger partial charge >= 0.3 is 35.8 Å². The average molecular weight is 969 g/mol. The summed E-state index contributed by atoms with van der Waals surface area (Å²) in [6.45, 7) is 11.7. The molecule has 0 unspecified atom stereocenters. The molecule has 71 heavy (non-hydrogen) atoms. The van der Waals surface area contributed by atoms with E-state index in [1.54, 1.807) is 50.4 Å². The molecule has 5 rings (SSSR count). The highest BCUT2D eigenvalue weighted by molar-refractivity contribution is 5.92. The third kappa shape index (κ3) is 20.0. The van der Waals surface area contributed by atoms with E-state index in [9.17, 15) is 28.8 Å². The molecule has 1 aromatic heterocycles. The van der Waals surface area contributed by atoms with Gasteiger partial charge in [-0.25, -0.2) is 24.2 Å². The summed E-state index contributed by atoms with van der Waals surface area (Å²) in [7, 11) is 0. The largest absolute Gasteiger partial charge is 0.494 e. The fourth-order valence-electron chi connectivity index (χ4n) is 5.99. The van der Waals surface area contributed by atoms with Gasteiger partial charge in [-0.3, -0.25) is 14.6 Å². The molecule has 0 spiro atoms. The summed E-state index contributed by atoms with van der Waals surface area (Å²) in [5, 5.41) is 0. The zero-order valence-corrected chi connectivity index (χ0v) is 39.8. The first-order valence-corrected chi connectivity index (χ1v) is 23.0. The second-order valence-electron chi connectivity index (χ2n) is 15.9. The Hall–Kier alpha value is -8.40. The number of pyridine rings is 1. The molecule has 0 aliphatic heterocycles. The van der Waals surface area contributed by atoms with Gasteiger partial charge in [0.15, 0.2) is 0 Å². The molecule has 0 saturated carbocycles. The molecule has 16 nitrogen and oxygen atoms in total. The van der Waals surface area contributed by atoms with Crippen molar-refractivity contribution in [2.45, 2.75) is 71.6 Å². The molecule has 0 radical (unpaired) electrons. The Bertz CT molecular complexity index is 2610. The van der Waals surface area contributed by atoms with Crippen molar-refractivity contribution in [3.63, 3.8) is 0 Å². The molecular formula is C55H56N2O14. The fraction of sp³-hybridized carbons (Fsp3) is 0.273. The first kappa shape index (κ1) is 53.6. The second-order valence-corrected chi connectivity index (χ2v) is 15.9. The van der Waals surface area contributed by atoms with E-state index in [-0.39, 0.29) is 59.9 Å². The van der Waals surface area contributed by atoms with Crippen LogP contribution in [-0.2, 0) is 28.7 Å². The molecule has 0 atom stereocenters. The quantitative estimate of drug-likeness (QED) is 0.0150. The second kappa shape index (κ2) is 28.8. The van der Waals surface area contributed by atoms with Gasteiger partial charge < -0.3 is 37.9 Å². The van der Waals surface area contributed by atoms with Gasteiger partial charge in [-0.05, 0) is 167 Å². The summed E-state index contributed by atoms with van der Waals surface area (Å²) in [4.78, 5) is 81.7. The highest BCUT2D eigenvalue weighted by Crippen LogP contribution is 2.23. The van der Waals surface area contributed by atoms with Gasteiger partial charge in [-0.15, -0.1) is 0 Å². The molecule has 0 bridgehead atoms. The molecule has 0 aliphatic carbocycles. The molecule has 0 saturated heterocycles. The van der Waals surface area contributed by atoms with Crippen LogP contribution >= 0.6 is 0 Å². The van der Waals surface area contributed by atoms with Gasteiger partial charge in [0, 0.05) is 30.2 Å². The van der Waals surface area contributed by atoms with E-state index in [4.69, 9.17) is 37.9 Å². The number of ether oxygens (including phenoxy) is 8. The number of benzene rings is 4. The number of nitrogens with zero attached hydrogens (tertiary/aromatic N) is 2. The number of hydrogen-bond donors (Lipinski definition) is 0. The standard InChI is InChI=1S/C55H56N2O14/c1-38(2)52(60)66-34-10-8-32-64-43-24-18-42(19-25-43)56-36-40-14-20-44(21-15-40)68-50(58)12-6-5-7-13-51(59)69-45-22-16-41(17-23-45)54(62)70-46-26-28-47(29-27-46)71-55(63)49-31-30-48(37-57-49)65-33-9-11-35-67-53(61)39(3)4/h14-31,36-37H,1,3,5-13,32-35H2,2,4H3. The maximum Gasteiger partial charge on any atom is 0.362 e. The normalized spacial score (nSPS) is 10.7. The van der Waals surface area contributed by atoms with Crippen LogP contribution in [0.5, 0.6) is 34.5 Å². The van der Waals surface area contributed by atoms with Crippen LogP contribution in [0.3, 0.4) is 0 Å². The van der Waals surface area contributed by atoms with Crippen molar-refractivity contribution in [3.05, 3.63) is 157 Å². The minimum Gasteiger partial charge on any atom is -0.494 e. The number of carbonyl (C=O) groups excluding carboxylic acids is 6. The monoisotopic (exact) mass is 968 g/mol. The number of hydrogen-bond acceptors (Lipinski definition) is 16. The topological polar surface area (TPSA) is 202 Å². The Morgan fingerprint density at radius 2 is 0.915 bits per heavy atom. The lowest BCUT2D eigenvalue weighted by Crippen LogP contribution is -2.11. The molecule has 370 valence electrons. The fourth-order valence-corrected chi connectivity index (χ4v) is 5.99. The Balaban J connectivity index is 0.907. The van der Waals surface area contributed by atoms with Gasteiger partial charge in [0.25, 0.3) is 0 Å². The van der Waals surface area contributed by atoms with Crippen LogP contribution < -0.4 is 28.4 Å². The number of aliphatic imine (C=N–C) groups is 1. The van der Waals surface area contributed by atoms with E-state index >= 15 is 0 Å². The van der Waals surface area contributed by atoms with Crippen molar-refractivity contribution >= 4 is 47.7 Å². The smallest absolute Gasteiger partial charge is 0.362 e. The maximum absolute atomic E-state index is 12.8. The Morgan fingerprint density at radius 3 is 1.42 bits per heavy atom. The number of unbranched alkanes of at least 4 members (excludes halogenated alkanes) is 4. The molecule has 5 aromatic rings. The lowest BCUT2D eigenvalue weighted by atomic mass is 10.1. The lowest BCUT2D eigenvalue weighted by molar-refractivity contribution is -0.139. The predicted molar refractivity (Wildman–Crippen MR) is 263 cm³/mol. The van der Waals surface area contributed by atoms with Crippen LogP contribution in [0.1, 0.15) is 98.0 Å². The average Bonchev–Trinajstić information content (AvgIpc) is 3.36. The summed E-state index contributed by atoms with van der Waals surface area (Å²) >= 11 is 0. The molecule has 0 N–H and O–H groups in total. The number of esters is 6. The number of carbonyl (C=O) groups is 6. The maximum atomic E-state index is 12.8. The van der Waals surface area contributed by atoms with E-state index in [0.29, 0.717) is 86.7 Å². The Labute approximate surface area is 412 Å². The first-order valence-electron chi connectivity index (χ1n) is 23.0. The lowest BCUT2D eigenvalue weighted by Gasteiger charge is -2.09. The number of aromatic nitrogens is 1. The third-order valence-corrected chi connectivity index (χ3v) is 9.86. The van der Waals surface area contributed by atoms with Crippen LogP contribution in [0.25, 0.3) is 0 Å². The molecule has 0 fully saturated rings. The first-order chi connectivity index (χ1) is 34.3. The molecular weight excluding hydrogens is 913 g/mol.